The molecule has 5 nitrogen and oxygen atoms in total. The first-order valence-electron chi connectivity index (χ1n) is 10.7. The first-order valence-corrected chi connectivity index (χ1v) is 10.7. The quantitative estimate of drug-likeness (QED) is 0.559. The van der Waals surface area contributed by atoms with Crippen LogP contribution in [0, 0.1) is 5.92 Å². The molecule has 0 bridgehead atoms. The molecule has 0 aromatic heterocycles. The maximum absolute atomic E-state index is 13.3. The van der Waals surface area contributed by atoms with E-state index in [1.807, 2.05) is 38.1 Å². The van der Waals surface area contributed by atoms with E-state index in [4.69, 9.17) is 4.74 Å². The Morgan fingerprint density at radius 2 is 1.83 bits per heavy atom. The van der Waals surface area contributed by atoms with Gasteiger partial charge in [0, 0.05) is 46.5 Å². The van der Waals surface area contributed by atoms with Crippen LogP contribution in [0.5, 0.6) is 0 Å². The van der Waals surface area contributed by atoms with E-state index in [0.717, 1.165) is 25.1 Å². The Bertz CT molecular complexity index is 682. The number of ether oxygens (including phenoxy) is 1. The number of carbonyl (C=O) groups is 1. The average molecular weight is 400 g/mol. The fourth-order valence-electron chi connectivity index (χ4n) is 3.66. The van der Waals surface area contributed by atoms with Gasteiger partial charge in [0.25, 0.3) is 0 Å². The van der Waals surface area contributed by atoms with E-state index < -0.39 is 0 Å². The minimum Gasteiger partial charge on any atom is -0.378 e. The summed E-state index contributed by atoms with van der Waals surface area (Å²) in [5.41, 5.74) is 2.34. The van der Waals surface area contributed by atoms with Crippen LogP contribution in [0.3, 0.4) is 0 Å². The van der Waals surface area contributed by atoms with E-state index in [9.17, 15) is 4.79 Å². The Balaban J connectivity index is 2.08. The van der Waals surface area contributed by atoms with E-state index in [2.05, 4.69) is 60.4 Å². The van der Waals surface area contributed by atoms with Gasteiger partial charge in [-0.05, 0) is 43.9 Å². The monoisotopic (exact) mass is 399 g/mol. The average Bonchev–Trinajstić information content (AvgIpc) is 2.70. The summed E-state index contributed by atoms with van der Waals surface area (Å²) in [6, 6.07) is 8.46. The standard InChI is InChI=1S/C24H37N3O2/c1-6-8-9-10-11-12-17-27-24(28)22(23(29-7-2)19-26(27)5)18-20-13-15-21(16-14-20)25(3)4/h8-11,13-16,22-23H,6-7,12,17-19H2,1-5H3/b9-8-,11-10-. The number of allylic oxidation sites excluding steroid dienone is 3. The zero-order valence-electron chi connectivity index (χ0n) is 18.7. The van der Waals surface area contributed by atoms with Crippen LogP contribution < -0.4 is 4.90 Å². The van der Waals surface area contributed by atoms with Crippen LogP contribution in [0.2, 0.25) is 0 Å². The molecule has 29 heavy (non-hydrogen) atoms. The lowest BCUT2D eigenvalue weighted by Gasteiger charge is -2.43. The van der Waals surface area contributed by atoms with E-state index in [1.54, 1.807) is 0 Å². The minimum absolute atomic E-state index is 0.0784. The Morgan fingerprint density at radius 1 is 1.14 bits per heavy atom. The zero-order valence-corrected chi connectivity index (χ0v) is 18.7. The molecule has 0 aliphatic carbocycles. The highest BCUT2D eigenvalue weighted by Gasteiger charge is 2.39. The van der Waals surface area contributed by atoms with Gasteiger partial charge >= 0.3 is 0 Å². The first kappa shape index (κ1) is 23.2. The second-order valence-corrected chi connectivity index (χ2v) is 7.72. The van der Waals surface area contributed by atoms with Crippen molar-refractivity contribution in [1.82, 2.24) is 10.0 Å². The van der Waals surface area contributed by atoms with Crippen LogP contribution in [0.15, 0.2) is 48.6 Å². The third-order valence-corrected chi connectivity index (χ3v) is 5.29. The number of rotatable bonds is 10. The highest BCUT2D eigenvalue weighted by molar-refractivity contribution is 5.80. The molecule has 0 N–H and O–H groups in total. The van der Waals surface area contributed by atoms with Gasteiger partial charge in [0.05, 0.1) is 12.0 Å². The number of anilines is 1. The molecule has 2 unspecified atom stereocenters. The fourth-order valence-corrected chi connectivity index (χ4v) is 3.66. The van der Waals surface area contributed by atoms with Crippen LogP contribution in [0.25, 0.3) is 0 Å². The molecule has 1 aliphatic rings. The molecule has 0 radical (unpaired) electrons. The van der Waals surface area contributed by atoms with Gasteiger partial charge in [-0.15, -0.1) is 0 Å². The minimum atomic E-state index is -0.152. The lowest BCUT2D eigenvalue weighted by molar-refractivity contribution is -0.174. The summed E-state index contributed by atoms with van der Waals surface area (Å²) in [6.07, 6.45) is 10.9. The van der Waals surface area contributed by atoms with Crippen molar-refractivity contribution in [2.45, 2.75) is 39.2 Å². The number of amides is 1. The van der Waals surface area contributed by atoms with Gasteiger partial charge in [-0.3, -0.25) is 9.80 Å². The summed E-state index contributed by atoms with van der Waals surface area (Å²) >= 11 is 0. The lowest BCUT2D eigenvalue weighted by atomic mass is 9.90. The third-order valence-electron chi connectivity index (χ3n) is 5.29. The molecule has 1 amide bonds. The van der Waals surface area contributed by atoms with Crippen molar-refractivity contribution in [2.75, 3.05) is 45.7 Å². The van der Waals surface area contributed by atoms with Crippen molar-refractivity contribution in [1.29, 1.82) is 0 Å². The molecule has 0 spiro atoms. The third kappa shape index (κ3) is 6.72. The number of hydrogen-bond acceptors (Lipinski definition) is 4. The summed E-state index contributed by atoms with van der Waals surface area (Å²) in [4.78, 5) is 15.4. The molecule has 1 aliphatic heterocycles. The predicted molar refractivity (Wildman–Crippen MR) is 121 cm³/mol. The SMILES string of the molecule is CC/C=C\C=C/CCN1C(=O)C(Cc2ccc(N(C)C)cc2)C(OCC)CN1C. The van der Waals surface area contributed by atoms with Gasteiger partial charge in [-0.25, -0.2) is 5.01 Å². The van der Waals surface area contributed by atoms with Crippen molar-refractivity contribution in [3.8, 4) is 0 Å². The topological polar surface area (TPSA) is 36.0 Å². The number of nitrogens with zero attached hydrogens (tertiary/aromatic N) is 3. The second-order valence-electron chi connectivity index (χ2n) is 7.72. The molecule has 1 aromatic carbocycles. The maximum Gasteiger partial charge on any atom is 0.242 e. The molecule has 2 atom stereocenters. The molecule has 0 saturated carbocycles. The summed E-state index contributed by atoms with van der Waals surface area (Å²) in [6.45, 7) is 6.16. The molecule has 160 valence electrons. The molecule has 1 heterocycles. The second kappa shape index (κ2) is 11.8. The number of likely N-dealkylation sites (N-methyl/N-ethyl adjacent to an activating group) is 1. The number of carbonyl (C=O) groups excluding carboxylic acids is 1. The van der Waals surface area contributed by atoms with Crippen molar-refractivity contribution in [2.24, 2.45) is 5.92 Å². The normalized spacial score (nSPS) is 20.9. The Kier molecular flexibility index (Phi) is 9.42. The highest BCUT2D eigenvalue weighted by atomic mass is 16.5. The maximum atomic E-state index is 13.3. The van der Waals surface area contributed by atoms with Gasteiger partial charge in [0.2, 0.25) is 5.91 Å². The summed E-state index contributed by atoms with van der Waals surface area (Å²) in [5, 5.41) is 3.91. The van der Waals surface area contributed by atoms with Gasteiger partial charge in [0.1, 0.15) is 0 Å². The molecular weight excluding hydrogens is 362 g/mol. The molecule has 1 saturated heterocycles. The Labute approximate surface area is 176 Å². The Hall–Kier alpha value is -2.11. The predicted octanol–water partition coefficient (Wildman–Crippen LogP) is 3.92. The lowest BCUT2D eigenvalue weighted by Crippen LogP contribution is -2.59. The van der Waals surface area contributed by atoms with Crippen molar-refractivity contribution in [3.63, 3.8) is 0 Å². The summed E-state index contributed by atoms with van der Waals surface area (Å²) < 4.78 is 5.97. The molecule has 2 rings (SSSR count). The van der Waals surface area contributed by atoms with Crippen molar-refractivity contribution < 1.29 is 9.53 Å². The van der Waals surface area contributed by atoms with Gasteiger partial charge in [0.15, 0.2) is 0 Å². The van der Waals surface area contributed by atoms with Crippen molar-refractivity contribution >= 4 is 11.6 Å². The van der Waals surface area contributed by atoms with Gasteiger partial charge in [-0.2, -0.15) is 0 Å². The summed E-state index contributed by atoms with van der Waals surface area (Å²) in [5.74, 6) is 0.00621. The molecular formula is C24H37N3O2. The Morgan fingerprint density at radius 3 is 2.45 bits per heavy atom. The van der Waals surface area contributed by atoms with Crippen LogP contribution in [-0.2, 0) is 16.0 Å². The van der Waals surface area contributed by atoms with Crippen LogP contribution in [-0.4, -0.2) is 62.9 Å². The largest absolute Gasteiger partial charge is 0.378 e. The molecule has 5 heteroatoms. The first-order chi connectivity index (χ1) is 14.0. The molecule has 1 aromatic rings. The van der Waals surface area contributed by atoms with E-state index in [-0.39, 0.29) is 17.9 Å². The van der Waals surface area contributed by atoms with Gasteiger partial charge < -0.3 is 9.64 Å². The zero-order chi connectivity index (χ0) is 21.2. The van der Waals surface area contributed by atoms with Crippen LogP contribution in [0.1, 0.15) is 32.3 Å². The highest BCUT2D eigenvalue weighted by Crippen LogP contribution is 2.25. The van der Waals surface area contributed by atoms with Crippen molar-refractivity contribution in [3.05, 3.63) is 54.1 Å². The number of hydrogen-bond donors (Lipinski definition) is 0. The smallest absolute Gasteiger partial charge is 0.242 e. The van der Waals surface area contributed by atoms with E-state index >= 15 is 0 Å². The van der Waals surface area contributed by atoms with Gasteiger partial charge in [-0.1, -0.05) is 43.4 Å². The van der Waals surface area contributed by atoms with E-state index in [0.29, 0.717) is 19.6 Å². The van der Waals surface area contributed by atoms with Crippen LogP contribution >= 0.6 is 0 Å². The van der Waals surface area contributed by atoms with E-state index in [1.165, 1.54) is 5.56 Å². The molecule has 1 fully saturated rings. The fraction of sp³-hybridized carbons (Fsp3) is 0.542. The number of hydrazine groups is 1. The van der Waals surface area contributed by atoms with Crippen LogP contribution in [0.4, 0.5) is 5.69 Å². The number of benzene rings is 1. The summed E-state index contributed by atoms with van der Waals surface area (Å²) in [7, 11) is 6.04.